The van der Waals surface area contributed by atoms with Gasteiger partial charge >= 0.3 is 5.97 Å². The lowest BCUT2D eigenvalue weighted by Crippen LogP contribution is -2.58. The van der Waals surface area contributed by atoms with E-state index in [0.29, 0.717) is 51.9 Å². The van der Waals surface area contributed by atoms with Gasteiger partial charge in [-0.15, -0.1) is 0 Å². The van der Waals surface area contributed by atoms with Crippen LogP contribution in [0.3, 0.4) is 0 Å². The van der Waals surface area contributed by atoms with Gasteiger partial charge in [0, 0.05) is 32.5 Å². The Hall–Kier alpha value is -4.33. The Bertz CT molecular complexity index is 1390. The number of benzene rings is 2. The van der Waals surface area contributed by atoms with Crippen molar-refractivity contribution in [3.63, 3.8) is 0 Å². The first-order valence-electron chi connectivity index (χ1n) is 18.1. The van der Waals surface area contributed by atoms with Gasteiger partial charge in [0.25, 0.3) is 0 Å². The number of likely N-dealkylation sites (tertiary alicyclic amines) is 1. The number of rotatable bonds is 21. The van der Waals surface area contributed by atoms with Gasteiger partial charge in [-0.1, -0.05) is 74.5 Å². The molecule has 1 fully saturated rings. The van der Waals surface area contributed by atoms with Gasteiger partial charge in [0.1, 0.15) is 18.1 Å². The van der Waals surface area contributed by atoms with Crippen LogP contribution >= 0.6 is 0 Å². The molecule has 0 saturated carbocycles. The van der Waals surface area contributed by atoms with E-state index in [1.54, 1.807) is 0 Å². The molecule has 0 aliphatic carbocycles. The number of nitrogens with zero attached hydrogens (tertiary/aromatic N) is 1. The van der Waals surface area contributed by atoms with Crippen molar-refractivity contribution in [1.29, 1.82) is 0 Å². The molecule has 280 valence electrons. The number of nitrogens with two attached hydrogens (primary N) is 2. The molecule has 0 radical (unpaired) electrons. The lowest BCUT2D eigenvalue weighted by atomic mass is 9.95. The largest absolute Gasteiger partial charge is 0.481 e. The van der Waals surface area contributed by atoms with Gasteiger partial charge in [0.2, 0.25) is 23.6 Å². The minimum absolute atomic E-state index is 0.0216. The number of hydrogen-bond acceptors (Lipinski definition) is 8. The van der Waals surface area contributed by atoms with Crippen molar-refractivity contribution in [2.24, 2.45) is 23.3 Å². The average molecular weight is 708 g/mol. The van der Waals surface area contributed by atoms with E-state index in [9.17, 15) is 24.0 Å². The minimum Gasteiger partial charge on any atom is -0.481 e. The van der Waals surface area contributed by atoms with E-state index in [4.69, 9.17) is 16.6 Å². The third kappa shape index (κ3) is 15.2. The highest BCUT2D eigenvalue weighted by Crippen LogP contribution is 2.19. The predicted molar refractivity (Wildman–Crippen MR) is 196 cm³/mol. The second kappa shape index (κ2) is 21.8. The fraction of sp³-hybridized carbons (Fsp3) is 0.553. The van der Waals surface area contributed by atoms with E-state index < -0.39 is 47.9 Å². The zero-order chi connectivity index (χ0) is 37.2. The number of aliphatic carboxylic acids is 1. The van der Waals surface area contributed by atoms with Crippen molar-refractivity contribution in [2.75, 3.05) is 32.7 Å². The monoisotopic (exact) mass is 707 g/mol. The standard InChI is InChI=1S/C38H57N7O6/c1-26(2)21-32(37(50)42-31(16-9-17-39)36(49)41-18-20-45-19-10-15-29(25-45)24-34(46)47)44-38(51)33(23-28-13-7-4-8-14-28)43-35(48)30(40)22-27-11-5-3-6-12-27/h3-8,11-14,26,29-33H,9-10,15-25,39-40H2,1-2H3,(H,41,49)(H,42,50)(H,43,48)(H,44,51)(H,46,47)/t29?,30-,31-,32-,33-/m1/s1. The fourth-order valence-corrected chi connectivity index (χ4v) is 6.37. The van der Waals surface area contributed by atoms with E-state index in [0.717, 1.165) is 30.5 Å². The first-order valence-corrected chi connectivity index (χ1v) is 18.1. The van der Waals surface area contributed by atoms with Gasteiger partial charge < -0.3 is 42.7 Å². The molecule has 1 saturated heterocycles. The quantitative estimate of drug-likeness (QED) is 0.0998. The molecule has 9 N–H and O–H groups in total. The van der Waals surface area contributed by atoms with Crippen LogP contribution in [0.2, 0.25) is 0 Å². The molecule has 2 aromatic rings. The van der Waals surface area contributed by atoms with Crippen LogP contribution in [0.15, 0.2) is 60.7 Å². The van der Waals surface area contributed by atoms with Gasteiger partial charge in [-0.3, -0.25) is 24.0 Å². The lowest BCUT2D eigenvalue weighted by Gasteiger charge is -2.32. The SMILES string of the molecule is CC(C)C[C@@H](NC(=O)[C@@H](Cc1ccccc1)NC(=O)[C@H](N)Cc1ccccc1)C(=O)N[C@H](CCCN)C(=O)NCCN1CCCC(CC(=O)O)C1. The van der Waals surface area contributed by atoms with Crippen LogP contribution in [0, 0.1) is 11.8 Å². The van der Waals surface area contributed by atoms with Crippen LogP contribution in [0.1, 0.15) is 63.5 Å². The summed E-state index contributed by atoms with van der Waals surface area (Å²) in [4.78, 5) is 67.5. The highest BCUT2D eigenvalue weighted by Gasteiger charge is 2.31. The van der Waals surface area contributed by atoms with Gasteiger partial charge in [-0.25, -0.2) is 0 Å². The first-order chi connectivity index (χ1) is 24.4. The molecule has 2 aromatic carbocycles. The summed E-state index contributed by atoms with van der Waals surface area (Å²) in [6.07, 6.45) is 3.49. The van der Waals surface area contributed by atoms with Crippen LogP contribution in [0.5, 0.6) is 0 Å². The van der Waals surface area contributed by atoms with Crippen molar-refractivity contribution in [2.45, 2.75) is 89.4 Å². The van der Waals surface area contributed by atoms with Gasteiger partial charge in [0.05, 0.1) is 6.04 Å². The molecule has 51 heavy (non-hydrogen) atoms. The molecule has 5 atom stereocenters. The van der Waals surface area contributed by atoms with E-state index >= 15 is 0 Å². The van der Waals surface area contributed by atoms with Gasteiger partial charge in [0.15, 0.2) is 0 Å². The summed E-state index contributed by atoms with van der Waals surface area (Å²) in [5.41, 5.74) is 13.7. The predicted octanol–water partition coefficient (Wildman–Crippen LogP) is 1.34. The summed E-state index contributed by atoms with van der Waals surface area (Å²) in [7, 11) is 0. The summed E-state index contributed by atoms with van der Waals surface area (Å²) in [5.74, 6) is -2.58. The molecular weight excluding hydrogens is 650 g/mol. The van der Waals surface area contributed by atoms with Crippen molar-refractivity contribution in [3.05, 3.63) is 71.8 Å². The third-order valence-corrected chi connectivity index (χ3v) is 9.01. The van der Waals surface area contributed by atoms with E-state index in [-0.39, 0.29) is 30.6 Å². The maximum atomic E-state index is 13.8. The maximum Gasteiger partial charge on any atom is 0.303 e. The van der Waals surface area contributed by atoms with E-state index in [1.165, 1.54) is 0 Å². The minimum atomic E-state index is -1.01. The number of carboxylic acids is 1. The van der Waals surface area contributed by atoms with Crippen LogP contribution in [-0.4, -0.2) is 96.5 Å². The van der Waals surface area contributed by atoms with Crippen LogP contribution in [-0.2, 0) is 36.8 Å². The molecule has 1 heterocycles. The Morgan fingerprint density at radius 1 is 0.824 bits per heavy atom. The number of carboxylic acid groups (broad SMARTS) is 1. The van der Waals surface area contributed by atoms with Crippen LogP contribution in [0.25, 0.3) is 0 Å². The van der Waals surface area contributed by atoms with E-state index in [2.05, 4.69) is 26.2 Å². The first kappa shape index (κ1) is 41.1. The molecule has 13 nitrogen and oxygen atoms in total. The molecule has 13 heteroatoms. The summed E-state index contributed by atoms with van der Waals surface area (Å²) in [6, 6.07) is 14.9. The topological polar surface area (TPSA) is 209 Å². The summed E-state index contributed by atoms with van der Waals surface area (Å²) in [6.45, 7) is 6.59. The highest BCUT2D eigenvalue weighted by atomic mass is 16.4. The van der Waals surface area contributed by atoms with E-state index in [1.807, 2.05) is 74.5 Å². The summed E-state index contributed by atoms with van der Waals surface area (Å²) in [5, 5.41) is 20.6. The van der Waals surface area contributed by atoms with Crippen LogP contribution < -0.4 is 32.7 Å². The zero-order valence-electron chi connectivity index (χ0n) is 30.0. The number of piperidine rings is 1. The normalized spacial score (nSPS) is 17.1. The molecule has 1 aliphatic heterocycles. The van der Waals surface area contributed by atoms with Crippen LogP contribution in [0.4, 0.5) is 0 Å². The number of hydrogen-bond donors (Lipinski definition) is 7. The molecule has 1 aliphatic rings. The molecule has 0 bridgehead atoms. The Balaban J connectivity index is 1.67. The number of carbonyl (C=O) groups excluding carboxylic acids is 4. The average Bonchev–Trinajstić information content (AvgIpc) is 3.09. The number of nitrogens with one attached hydrogen (secondary N) is 4. The molecule has 4 amide bonds. The fourth-order valence-electron chi connectivity index (χ4n) is 6.37. The van der Waals surface area contributed by atoms with Crippen molar-refractivity contribution in [3.8, 4) is 0 Å². The maximum absolute atomic E-state index is 13.8. The Morgan fingerprint density at radius 2 is 1.41 bits per heavy atom. The second-order valence-electron chi connectivity index (χ2n) is 13.9. The summed E-state index contributed by atoms with van der Waals surface area (Å²) < 4.78 is 0. The number of amides is 4. The Kier molecular flexibility index (Phi) is 17.6. The highest BCUT2D eigenvalue weighted by molar-refractivity contribution is 5.95. The molecular formula is C38H57N7O6. The Labute approximate surface area is 301 Å². The van der Waals surface area contributed by atoms with Gasteiger partial charge in [-0.05, 0) is 74.6 Å². The zero-order valence-corrected chi connectivity index (χ0v) is 30.0. The lowest BCUT2D eigenvalue weighted by molar-refractivity contribution is -0.138. The summed E-state index contributed by atoms with van der Waals surface area (Å²) >= 11 is 0. The molecule has 0 aromatic heterocycles. The van der Waals surface area contributed by atoms with Gasteiger partial charge in [-0.2, -0.15) is 0 Å². The second-order valence-corrected chi connectivity index (χ2v) is 13.9. The Morgan fingerprint density at radius 3 is 2.02 bits per heavy atom. The molecule has 3 rings (SSSR count). The molecule has 1 unspecified atom stereocenters. The van der Waals surface area contributed by atoms with Crippen molar-refractivity contribution < 1.29 is 29.1 Å². The van der Waals surface area contributed by atoms with Crippen molar-refractivity contribution >= 4 is 29.6 Å². The number of carbonyl (C=O) groups is 5. The molecule has 0 spiro atoms. The van der Waals surface area contributed by atoms with Crippen molar-refractivity contribution in [1.82, 2.24) is 26.2 Å². The third-order valence-electron chi connectivity index (χ3n) is 9.01. The smallest absolute Gasteiger partial charge is 0.303 e.